The molecule has 0 bridgehead atoms. The second kappa shape index (κ2) is 6.13. The zero-order chi connectivity index (χ0) is 18.3. The van der Waals surface area contributed by atoms with Crippen LogP contribution in [-0.2, 0) is 0 Å². The first-order valence-electron chi connectivity index (χ1n) is 8.88. The van der Waals surface area contributed by atoms with E-state index in [9.17, 15) is 0 Å². The van der Waals surface area contributed by atoms with Crippen molar-refractivity contribution in [2.75, 3.05) is 0 Å². The topological polar surface area (TPSA) is 51.0 Å². The van der Waals surface area contributed by atoms with Gasteiger partial charge in [0.25, 0.3) is 0 Å². The number of hydrogen-bond donors (Lipinski definition) is 0. The van der Waals surface area contributed by atoms with Crippen LogP contribution in [0.25, 0.3) is 22.3 Å². The lowest BCUT2D eigenvalue weighted by molar-refractivity contribution is 0.586. The summed E-state index contributed by atoms with van der Waals surface area (Å²) in [4.78, 5) is 18.6. The van der Waals surface area contributed by atoms with Gasteiger partial charge in [0.05, 0.1) is 22.4 Å². The zero-order valence-electron chi connectivity index (χ0n) is 15.6. The molecule has 0 atom stereocenters. The Labute approximate surface area is 153 Å². The predicted molar refractivity (Wildman–Crippen MR) is 107 cm³/mol. The Hall–Kier alpha value is -2.88. The van der Waals surface area contributed by atoms with E-state index in [0.717, 1.165) is 40.1 Å². The highest BCUT2D eigenvalue weighted by Gasteiger charge is 2.28. The van der Waals surface area contributed by atoms with E-state index < -0.39 is 0 Å². The van der Waals surface area contributed by atoms with Crippen molar-refractivity contribution in [3.63, 3.8) is 0 Å². The molecule has 0 amide bonds. The SMILES string of the molecule is Cc1cccc(C2=C(c3ccc4nccnc4c3)CC(C(C)(C)C)=N2)n1. The van der Waals surface area contributed by atoms with Crippen LogP contribution in [0.4, 0.5) is 0 Å². The summed E-state index contributed by atoms with van der Waals surface area (Å²) in [6.45, 7) is 8.64. The standard InChI is InChI=1S/C22H22N4/c1-14-6-5-7-18(25-14)21-16(13-20(26-21)22(2,3)4)15-8-9-17-19(12-15)24-11-10-23-17/h5-12H,13H2,1-4H3. The van der Waals surface area contributed by atoms with Gasteiger partial charge in [0.2, 0.25) is 0 Å². The van der Waals surface area contributed by atoms with Crippen molar-refractivity contribution >= 4 is 28.0 Å². The highest BCUT2D eigenvalue weighted by Crippen LogP contribution is 2.39. The van der Waals surface area contributed by atoms with E-state index in [-0.39, 0.29) is 5.41 Å². The highest BCUT2D eigenvalue weighted by atomic mass is 14.9. The summed E-state index contributed by atoms with van der Waals surface area (Å²) in [5, 5.41) is 0. The molecule has 26 heavy (non-hydrogen) atoms. The molecule has 4 rings (SSSR count). The summed E-state index contributed by atoms with van der Waals surface area (Å²) >= 11 is 0. The maximum Gasteiger partial charge on any atom is 0.0927 e. The lowest BCUT2D eigenvalue weighted by Crippen LogP contribution is -2.18. The Balaban J connectivity index is 1.88. The Kier molecular flexibility index (Phi) is 3.91. The van der Waals surface area contributed by atoms with Gasteiger partial charge in [-0.1, -0.05) is 32.9 Å². The number of pyridine rings is 1. The van der Waals surface area contributed by atoms with Crippen LogP contribution in [-0.4, -0.2) is 20.7 Å². The first-order valence-corrected chi connectivity index (χ1v) is 8.88. The largest absolute Gasteiger partial charge is 0.254 e. The predicted octanol–water partition coefficient (Wildman–Crippen LogP) is 5.09. The molecule has 0 N–H and O–H groups in total. The van der Waals surface area contributed by atoms with Gasteiger partial charge in [-0.3, -0.25) is 19.9 Å². The minimum absolute atomic E-state index is 0.0213. The molecule has 0 fully saturated rings. The number of rotatable bonds is 2. The maximum absolute atomic E-state index is 5.01. The number of benzene rings is 1. The normalized spacial score (nSPS) is 14.8. The molecule has 0 saturated carbocycles. The van der Waals surface area contributed by atoms with E-state index >= 15 is 0 Å². The molecule has 0 spiro atoms. The lowest BCUT2D eigenvalue weighted by atomic mass is 9.86. The van der Waals surface area contributed by atoms with Crippen LogP contribution < -0.4 is 0 Å². The van der Waals surface area contributed by atoms with Crippen molar-refractivity contribution in [2.45, 2.75) is 34.1 Å². The monoisotopic (exact) mass is 342 g/mol. The fraction of sp³-hybridized carbons (Fsp3) is 0.273. The van der Waals surface area contributed by atoms with Gasteiger partial charge in [-0.25, -0.2) is 0 Å². The molecule has 3 aromatic rings. The van der Waals surface area contributed by atoms with Gasteiger partial charge >= 0.3 is 0 Å². The van der Waals surface area contributed by atoms with E-state index in [1.165, 1.54) is 11.3 Å². The fourth-order valence-corrected chi connectivity index (χ4v) is 3.20. The van der Waals surface area contributed by atoms with Crippen molar-refractivity contribution in [1.29, 1.82) is 0 Å². The van der Waals surface area contributed by atoms with Crippen LogP contribution in [0.15, 0.2) is 53.8 Å². The number of allylic oxidation sites excluding steroid dienone is 1. The van der Waals surface area contributed by atoms with Gasteiger partial charge in [-0.2, -0.15) is 0 Å². The van der Waals surface area contributed by atoms with Crippen molar-refractivity contribution < 1.29 is 0 Å². The second-order valence-corrected chi connectivity index (χ2v) is 7.74. The third-order valence-electron chi connectivity index (χ3n) is 4.69. The molecule has 130 valence electrons. The number of hydrogen-bond acceptors (Lipinski definition) is 4. The molecule has 0 radical (unpaired) electrons. The van der Waals surface area contributed by atoms with Gasteiger partial charge in [0.15, 0.2) is 0 Å². The van der Waals surface area contributed by atoms with E-state index in [1.807, 2.05) is 31.2 Å². The molecule has 1 aliphatic heterocycles. The van der Waals surface area contributed by atoms with Gasteiger partial charge in [0, 0.05) is 35.6 Å². The Morgan fingerprint density at radius 1 is 0.923 bits per heavy atom. The molecule has 3 heterocycles. The summed E-state index contributed by atoms with van der Waals surface area (Å²) in [6, 6.07) is 12.3. The Bertz CT molecular complexity index is 1050. The summed E-state index contributed by atoms with van der Waals surface area (Å²) in [5.41, 5.74) is 8.26. The quantitative estimate of drug-likeness (QED) is 0.651. The Morgan fingerprint density at radius 3 is 2.42 bits per heavy atom. The Morgan fingerprint density at radius 2 is 1.69 bits per heavy atom. The first-order chi connectivity index (χ1) is 12.4. The van der Waals surface area contributed by atoms with Crippen LogP contribution >= 0.6 is 0 Å². The highest BCUT2D eigenvalue weighted by molar-refractivity contribution is 6.11. The molecular formula is C22H22N4. The van der Waals surface area contributed by atoms with Crippen molar-refractivity contribution in [2.24, 2.45) is 10.4 Å². The average molecular weight is 342 g/mol. The summed E-state index contributed by atoms with van der Waals surface area (Å²) in [5.74, 6) is 0. The van der Waals surface area contributed by atoms with Gasteiger partial charge in [-0.15, -0.1) is 0 Å². The molecule has 1 aliphatic rings. The van der Waals surface area contributed by atoms with E-state index in [4.69, 9.17) is 9.98 Å². The summed E-state index contributed by atoms with van der Waals surface area (Å²) in [6.07, 6.45) is 4.29. The minimum atomic E-state index is 0.0213. The average Bonchev–Trinajstić information content (AvgIpc) is 3.07. The number of aliphatic imine (C=N–C) groups is 1. The van der Waals surface area contributed by atoms with Crippen LogP contribution in [0.2, 0.25) is 0 Å². The number of fused-ring (bicyclic) bond motifs is 1. The van der Waals surface area contributed by atoms with Crippen molar-refractivity contribution in [1.82, 2.24) is 15.0 Å². The van der Waals surface area contributed by atoms with Gasteiger partial charge < -0.3 is 0 Å². The number of nitrogens with zero attached hydrogens (tertiary/aromatic N) is 4. The van der Waals surface area contributed by atoms with Crippen LogP contribution in [0.3, 0.4) is 0 Å². The van der Waals surface area contributed by atoms with E-state index in [0.29, 0.717) is 0 Å². The summed E-state index contributed by atoms with van der Waals surface area (Å²) in [7, 11) is 0. The van der Waals surface area contributed by atoms with Crippen LogP contribution in [0.1, 0.15) is 44.1 Å². The smallest absolute Gasteiger partial charge is 0.0927 e. The molecule has 2 aromatic heterocycles. The molecule has 0 aliphatic carbocycles. The van der Waals surface area contributed by atoms with E-state index in [2.05, 4.69) is 42.9 Å². The lowest BCUT2D eigenvalue weighted by Gasteiger charge is -2.18. The van der Waals surface area contributed by atoms with Gasteiger partial charge in [-0.05, 0) is 42.3 Å². The fourth-order valence-electron chi connectivity index (χ4n) is 3.20. The molecule has 4 nitrogen and oxygen atoms in total. The molecule has 0 saturated heterocycles. The number of aryl methyl sites for hydroxylation is 1. The van der Waals surface area contributed by atoms with E-state index in [1.54, 1.807) is 12.4 Å². The van der Waals surface area contributed by atoms with Crippen LogP contribution in [0, 0.1) is 12.3 Å². The maximum atomic E-state index is 5.01. The third-order valence-corrected chi connectivity index (χ3v) is 4.69. The van der Waals surface area contributed by atoms with Crippen molar-refractivity contribution in [3.8, 4) is 0 Å². The first kappa shape index (κ1) is 16.6. The molecular weight excluding hydrogens is 320 g/mol. The van der Waals surface area contributed by atoms with Crippen LogP contribution in [0.5, 0.6) is 0 Å². The third kappa shape index (κ3) is 3.03. The number of aromatic nitrogens is 3. The zero-order valence-corrected chi connectivity index (χ0v) is 15.6. The van der Waals surface area contributed by atoms with Crippen molar-refractivity contribution in [3.05, 3.63) is 65.7 Å². The summed E-state index contributed by atoms with van der Waals surface area (Å²) < 4.78 is 0. The molecule has 4 heteroatoms. The minimum Gasteiger partial charge on any atom is -0.254 e. The molecule has 0 unspecified atom stereocenters. The molecule has 1 aromatic carbocycles. The van der Waals surface area contributed by atoms with Gasteiger partial charge in [0.1, 0.15) is 0 Å². The second-order valence-electron chi connectivity index (χ2n) is 7.74.